The molecule has 0 fully saturated rings. The monoisotopic (exact) mass is 230 g/mol. The van der Waals surface area contributed by atoms with Crippen LogP contribution in [0.25, 0.3) is 0 Å². The fourth-order valence-corrected chi connectivity index (χ4v) is 1.97. The first-order chi connectivity index (χ1) is 8.19. The Bertz CT molecular complexity index is 490. The lowest BCUT2D eigenvalue weighted by Gasteiger charge is -2.15. The van der Waals surface area contributed by atoms with E-state index in [0.717, 1.165) is 6.42 Å². The second kappa shape index (κ2) is 5.10. The highest BCUT2D eigenvalue weighted by Crippen LogP contribution is 2.17. The van der Waals surface area contributed by atoms with Gasteiger partial charge in [0.05, 0.1) is 6.20 Å². The standard InChI is InChI=1S/C13H18N4/c1-10-4-12(8-15-6-10)13(14-2)5-11-7-16-17(3)9-11/h4,6-9,13-14H,5H2,1-3H3. The van der Waals surface area contributed by atoms with E-state index in [2.05, 4.69) is 28.4 Å². The maximum Gasteiger partial charge on any atom is 0.0522 e. The van der Waals surface area contributed by atoms with E-state index in [-0.39, 0.29) is 6.04 Å². The zero-order valence-electron chi connectivity index (χ0n) is 10.5. The van der Waals surface area contributed by atoms with E-state index < -0.39 is 0 Å². The first kappa shape index (κ1) is 11.8. The van der Waals surface area contributed by atoms with Gasteiger partial charge in [-0.2, -0.15) is 5.10 Å². The summed E-state index contributed by atoms with van der Waals surface area (Å²) in [5.41, 5.74) is 3.64. The third-order valence-corrected chi connectivity index (χ3v) is 2.85. The van der Waals surface area contributed by atoms with E-state index >= 15 is 0 Å². The van der Waals surface area contributed by atoms with Crippen LogP contribution in [0.4, 0.5) is 0 Å². The van der Waals surface area contributed by atoms with Crippen LogP contribution in [0, 0.1) is 6.92 Å². The Balaban J connectivity index is 2.16. The second-order valence-electron chi connectivity index (χ2n) is 4.36. The van der Waals surface area contributed by atoms with Crippen molar-refractivity contribution >= 4 is 0 Å². The highest BCUT2D eigenvalue weighted by Gasteiger charge is 2.11. The number of nitrogens with zero attached hydrogens (tertiary/aromatic N) is 3. The fourth-order valence-electron chi connectivity index (χ4n) is 1.97. The summed E-state index contributed by atoms with van der Waals surface area (Å²) in [7, 11) is 3.91. The Kier molecular flexibility index (Phi) is 3.54. The van der Waals surface area contributed by atoms with Crippen molar-refractivity contribution in [3.8, 4) is 0 Å². The van der Waals surface area contributed by atoms with E-state index in [1.54, 1.807) is 0 Å². The van der Waals surface area contributed by atoms with Gasteiger partial charge < -0.3 is 5.32 Å². The lowest BCUT2D eigenvalue weighted by atomic mass is 10.0. The summed E-state index contributed by atoms with van der Waals surface area (Å²) in [6, 6.07) is 2.46. The number of nitrogens with one attached hydrogen (secondary N) is 1. The van der Waals surface area contributed by atoms with Gasteiger partial charge >= 0.3 is 0 Å². The molecule has 0 aromatic carbocycles. The van der Waals surface area contributed by atoms with Gasteiger partial charge in [0.1, 0.15) is 0 Å². The number of hydrogen-bond acceptors (Lipinski definition) is 3. The Labute approximate surface area is 102 Å². The van der Waals surface area contributed by atoms with Gasteiger partial charge in [-0.15, -0.1) is 0 Å². The normalized spacial score (nSPS) is 12.6. The molecule has 1 N–H and O–H groups in total. The van der Waals surface area contributed by atoms with Crippen molar-refractivity contribution in [1.82, 2.24) is 20.1 Å². The Morgan fingerprint density at radius 1 is 1.35 bits per heavy atom. The van der Waals surface area contributed by atoms with Gasteiger partial charge in [-0.1, -0.05) is 6.07 Å². The molecule has 0 saturated heterocycles. The molecule has 2 aromatic rings. The van der Waals surface area contributed by atoms with Crippen LogP contribution in [-0.2, 0) is 13.5 Å². The zero-order valence-corrected chi connectivity index (χ0v) is 10.5. The number of hydrogen-bond donors (Lipinski definition) is 1. The summed E-state index contributed by atoms with van der Waals surface area (Å²) in [6.45, 7) is 2.06. The fraction of sp³-hybridized carbons (Fsp3) is 0.385. The summed E-state index contributed by atoms with van der Waals surface area (Å²) in [5.74, 6) is 0. The number of aromatic nitrogens is 3. The minimum absolute atomic E-state index is 0.284. The maximum atomic E-state index is 4.24. The quantitative estimate of drug-likeness (QED) is 0.868. The van der Waals surface area contributed by atoms with Crippen LogP contribution in [-0.4, -0.2) is 21.8 Å². The lowest BCUT2D eigenvalue weighted by molar-refractivity contribution is 0.589. The van der Waals surface area contributed by atoms with Crippen molar-refractivity contribution < 1.29 is 0 Å². The number of likely N-dealkylation sites (N-methyl/N-ethyl adjacent to an activating group) is 1. The summed E-state index contributed by atoms with van der Waals surface area (Å²) in [6.07, 6.45) is 8.68. The molecule has 17 heavy (non-hydrogen) atoms. The number of pyridine rings is 1. The van der Waals surface area contributed by atoms with Crippen molar-refractivity contribution in [3.05, 3.63) is 47.5 Å². The highest BCUT2D eigenvalue weighted by atomic mass is 15.2. The second-order valence-corrected chi connectivity index (χ2v) is 4.36. The SMILES string of the molecule is CNC(Cc1cnn(C)c1)c1cncc(C)c1. The third-order valence-electron chi connectivity index (χ3n) is 2.85. The molecule has 0 aliphatic carbocycles. The molecule has 2 aromatic heterocycles. The number of aryl methyl sites for hydroxylation is 2. The van der Waals surface area contributed by atoms with E-state index in [4.69, 9.17) is 0 Å². The van der Waals surface area contributed by atoms with E-state index in [0.29, 0.717) is 0 Å². The first-order valence-electron chi connectivity index (χ1n) is 5.75. The van der Waals surface area contributed by atoms with Crippen molar-refractivity contribution in [1.29, 1.82) is 0 Å². The van der Waals surface area contributed by atoms with Crippen LogP contribution in [0.2, 0.25) is 0 Å². The average Bonchev–Trinajstić information content (AvgIpc) is 2.72. The van der Waals surface area contributed by atoms with Gasteiger partial charge in [0.2, 0.25) is 0 Å². The molecule has 0 amide bonds. The summed E-state index contributed by atoms with van der Waals surface area (Å²) >= 11 is 0. The molecule has 0 bridgehead atoms. The van der Waals surface area contributed by atoms with Crippen molar-refractivity contribution in [2.45, 2.75) is 19.4 Å². The largest absolute Gasteiger partial charge is 0.313 e. The summed E-state index contributed by atoms with van der Waals surface area (Å²) in [4.78, 5) is 4.24. The van der Waals surface area contributed by atoms with Crippen LogP contribution in [0.5, 0.6) is 0 Å². The van der Waals surface area contributed by atoms with Crippen LogP contribution in [0.15, 0.2) is 30.9 Å². The molecule has 90 valence electrons. The Morgan fingerprint density at radius 3 is 2.76 bits per heavy atom. The van der Waals surface area contributed by atoms with E-state index in [9.17, 15) is 0 Å². The predicted molar refractivity (Wildman–Crippen MR) is 67.7 cm³/mol. The van der Waals surface area contributed by atoms with Gasteiger partial charge in [0.15, 0.2) is 0 Å². The van der Waals surface area contributed by atoms with Crippen LogP contribution in [0.1, 0.15) is 22.7 Å². The van der Waals surface area contributed by atoms with Crippen molar-refractivity contribution in [2.24, 2.45) is 7.05 Å². The first-order valence-corrected chi connectivity index (χ1v) is 5.75. The molecule has 0 saturated carbocycles. The smallest absolute Gasteiger partial charge is 0.0522 e. The molecule has 4 heteroatoms. The van der Waals surface area contributed by atoms with Gasteiger partial charge in [-0.3, -0.25) is 9.67 Å². The summed E-state index contributed by atoms with van der Waals surface area (Å²) < 4.78 is 1.83. The molecule has 0 aliphatic heterocycles. The molecular weight excluding hydrogens is 212 g/mol. The molecule has 1 atom stereocenters. The topological polar surface area (TPSA) is 42.7 Å². The van der Waals surface area contributed by atoms with Crippen molar-refractivity contribution in [2.75, 3.05) is 7.05 Å². The molecule has 0 aliphatic rings. The Morgan fingerprint density at radius 2 is 2.18 bits per heavy atom. The molecule has 0 radical (unpaired) electrons. The summed E-state index contributed by atoms with van der Waals surface area (Å²) in [5, 5.41) is 7.51. The minimum Gasteiger partial charge on any atom is -0.313 e. The van der Waals surface area contributed by atoms with Gasteiger partial charge in [0, 0.05) is 31.7 Å². The molecule has 2 heterocycles. The zero-order chi connectivity index (χ0) is 12.3. The average molecular weight is 230 g/mol. The van der Waals surface area contributed by atoms with Gasteiger partial charge in [-0.05, 0) is 37.1 Å². The Hall–Kier alpha value is -1.68. The molecule has 1 unspecified atom stereocenters. The predicted octanol–water partition coefficient (Wildman–Crippen LogP) is 1.63. The molecule has 4 nitrogen and oxygen atoms in total. The van der Waals surface area contributed by atoms with Gasteiger partial charge in [-0.25, -0.2) is 0 Å². The number of rotatable bonds is 4. The van der Waals surface area contributed by atoms with Crippen LogP contribution < -0.4 is 5.32 Å². The van der Waals surface area contributed by atoms with E-state index in [1.807, 2.05) is 43.6 Å². The third kappa shape index (κ3) is 2.91. The van der Waals surface area contributed by atoms with Crippen LogP contribution >= 0.6 is 0 Å². The van der Waals surface area contributed by atoms with E-state index in [1.165, 1.54) is 16.7 Å². The maximum absolute atomic E-state index is 4.24. The highest BCUT2D eigenvalue weighted by molar-refractivity contribution is 5.22. The minimum atomic E-state index is 0.284. The lowest BCUT2D eigenvalue weighted by Crippen LogP contribution is -2.19. The molecule has 0 spiro atoms. The van der Waals surface area contributed by atoms with Gasteiger partial charge in [0.25, 0.3) is 0 Å². The van der Waals surface area contributed by atoms with Crippen LogP contribution in [0.3, 0.4) is 0 Å². The molecular formula is C13H18N4. The molecule has 2 rings (SSSR count). The van der Waals surface area contributed by atoms with Crippen molar-refractivity contribution in [3.63, 3.8) is 0 Å².